The number of ether oxygens (including phenoxy) is 1. The fourth-order valence-corrected chi connectivity index (χ4v) is 3.96. The maximum Gasteiger partial charge on any atom is 0.329 e. The van der Waals surface area contributed by atoms with Gasteiger partial charge in [0.1, 0.15) is 18.1 Å². The first-order valence-electron chi connectivity index (χ1n) is 16.0. The van der Waals surface area contributed by atoms with Crippen molar-refractivity contribution in [2.45, 2.75) is 120 Å². The number of esters is 1. The number of likely N-dealkylation sites (tertiary alicyclic amines) is 1. The Kier molecular flexibility index (Phi) is 21.7. The molecule has 1 heterocycles. The number of carbonyl (C=O) groups excluding carboxylic acids is 6. The van der Waals surface area contributed by atoms with Gasteiger partial charge in [-0.05, 0) is 37.0 Å². The number of carbonyl (C=O) groups is 6. The van der Waals surface area contributed by atoms with Crippen LogP contribution in [0, 0.1) is 29.6 Å². The average molecular weight is 650 g/mol. The SMILES string of the molecule is C#CCOC(=O)C(NC(=O)NC(C(=O)N1CCC[C@H]1C(=O)NC(C)C(=O)C(=O)NCC=C)C(C)(C)C)C(C)C.CC(C)C.CCC. The first-order chi connectivity index (χ1) is 21.3. The van der Waals surface area contributed by atoms with E-state index in [-0.39, 0.29) is 25.6 Å². The molecule has 0 spiro atoms. The molecule has 3 unspecified atom stereocenters. The lowest BCUT2D eigenvalue weighted by Crippen LogP contribution is -2.61. The van der Waals surface area contributed by atoms with Crippen molar-refractivity contribution in [3.63, 3.8) is 0 Å². The Morgan fingerprint density at radius 3 is 2.00 bits per heavy atom. The fraction of sp³-hybridized carbons (Fsp3) is 0.706. The Balaban J connectivity index is 0. The molecule has 4 atom stereocenters. The Morgan fingerprint density at radius 2 is 1.54 bits per heavy atom. The van der Waals surface area contributed by atoms with Crippen LogP contribution in [0.5, 0.6) is 0 Å². The number of ketones is 1. The standard InChI is InChI=1S/C27H41N5O7.C4H10.C3H8/c1-9-13-28-23(35)20(33)17(5)29-22(34)18-12-11-14-32(18)24(36)21(27(6,7)8)31-26(38)30-19(16(3)4)25(37)39-15-10-2;1-4(2)3;1-3-2/h2,9,16-19,21H,1,11-15H2,3-8H3,(H,28,35)(H,29,34)(H2,30,31,38);4H,1-3H3;3H2,1-2H3/t17?,18-,19?,21?;;/m0../s1. The molecule has 0 radical (unpaired) electrons. The van der Waals surface area contributed by atoms with Gasteiger partial charge in [0.05, 0.1) is 6.04 Å². The van der Waals surface area contributed by atoms with Gasteiger partial charge < -0.3 is 30.9 Å². The molecule has 0 bridgehead atoms. The number of hydrogen-bond donors (Lipinski definition) is 4. The van der Waals surface area contributed by atoms with Gasteiger partial charge in [-0.3, -0.25) is 19.2 Å². The van der Waals surface area contributed by atoms with Crippen LogP contribution in [0.15, 0.2) is 12.7 Å². The summed E-state index contributed by atoms with van der Waals surface area (Å²) in [4.78, 5) is 77.4. The molecule has 1 rings (SSSR count). The topological polar surface area (TPSA) is 163 Å². The molecular formula is C34H59N5O7. The van der Waals surface area contributed by atoms with Crippen molar-refractivity contribution < 1.29 is 33.5 Å². The summed E-state index contributed by atoms with van der Waals surface area (Å²) in [6.45, 7) is 24.4. The van der Waals surface area contributed by atoms with Gasteiger partial charge >= 0.3 is 12.0 Å². The normalized spacial score (nSPS) is 15.7. The highest BCUT2D eigenvalue weighted by Gasteiger charge is 2.43. The number of hydrogen-bond acceptors (Lipinski definition) is 7. The zero-order valence-electron chi connectivity index (χ0n) is 29.9. The number of amides is 5. The van der Waals surface area contributed by atoms with Gasteiger partial charge in [0.25, 0.3) is 5.91 Å². The zero-order valence-corrected chi connectivity index (χ0v) is 29.9. The van der Waals surface area contributed by atoms with Crippen molar-refractivity contribution in [2.75, 3.05) is 19.7 Å². The lowest BCUT2D eigenvalue weighted by molar-refractivity contribution is -0.145. The van der Waals surface area contributed by atoms with Crippen molar-refractivity contribution in [1.82, 2.24) is 26.2 Å². The first-order valence-corrected chi connectivity index (χ1v) is 16.0. The molecule has 1 aliphatic heterocycles. The van der Waals surface area contributed by atoms with E-state index in [2.05, 4.69) is 68.4 Å². The van der Waals surface area contributed by atoms with Gasteiger partial charge in [-0.15, -0.1) is 13.0 Å². The largest absolute Gasteiger partial charge is 0.451 e. The molecule has 12 nitrogen and oxygen atoms in total. The second-order valence-corrected chi connectivity index (χ2v) is 13.2. The monoisotopic (exact) mass is 649 g/mol. The van der Waals surface area contributed by atoms with Gasteiger partial charge in [0, 0.05) is 13.1 Å². The maximum absolute atomic E-state index is 13.6. The Labute approximate surface area is 276 Å². The molecule has 4 N–H and O–H groups in total. The highest BCUT2D eigenvalue weighted by Crippen LogP contribution is 2.26. The maximum atomic E-state index is 13.6. The second kappa shape index (κ2) is 22.6. The summed E-state index contributed by atoms with van der Waals surface area (Å²) in [6, 6.07) is -4.80. The first kappa shape index (κ1) is 44.2. The van der Waals surface area contributed by atoms with Gasteiger partial charge in [-0.2, -0.15) is 0 Å². The summed E-state index contributed by atoms with van der Waals surface area (Å²) < 4.78 is 4.95. The summed E-state index contributed by atoms with van der Waals surface area (Å²) in [5.74, 6) is -0.742. The lowest BCUT2D eigenvalue weighted by atomic mass is 9.85. The molecule has 46 heavy (non-hydrogen) atoms. The van der Waals surface area contributed by atoms with E-state index in [1.807, 2.05) is 0 Å². The van der Waals surface area contributed by atoms with Crippen molar-refractivity contribution in [3.8, 4) is 12.3 Å². The second-order valence-electron chi connectivity index (χ2n) is 13.2. The van der Waals surface area contributed by atoms with Crippen LogP contribution in [0.3, 0.4) is 0 Å². The quantitative estimate of drug-likeness (QED) is 0.109. The third-order valence-electron chi connectivity index (χ3n) is 6.11. The van der Waals surface area contributed by atoms with Crippen LogP contribution < -0.4 is 21.3 Å². The summed E-state index contributed by atoms with van der Waals surface area (Å²) in [6.07, 6.45) is 8.68. The smallest absolute Gasteiger partial charge is 0.329 e. The summed E-state index contributed by atoms with van der Waals surface area (Å²) in [5.41, 5.74) is -0.762. The number of terminal acetylenes is 1. The van der Waals surface area contributed by atoms with Crippen molar-refractivity contribution in [1.29, 1.82) is 0 Å². The Morgan fingerprint density at radius 1 is 1.00 bits per heavy atom. The van der Waals surface area contributed by atoms with Crippen LogP contribution in [0.4, 0.5) is 4.79 Å². The molecule has 1 fully saturated rings. The lowest BCUT2D eigenvalue weighted by Gasteiger charge is -2.36. The minimum Gasteiger partial charge on any atom is -0.451 e. The van der Waals surface area contributed by atoms with E-state index in [0.717, 1.165) is 5.92 Å². The van der Waals surface area contributed by atoms with Crippen LogP contribution in [0.2, 0.25) is 0 Å². The van der Waals surface area contributed by atoms with Crippen LogP contribution >= 0.6 is 0 Å². The van der Waals surface area contributed by atoms with E-state index in [9.17, 15) is 28.8 Å². The zero-order chi connectivity index (χ0) is 36.2. The summed E-state index contributed by atoms with van der Waals surface area (Å²) in [5, 5.41) is 10.1. The summed E-state index contributed by atoms with van der Waals surface area (Å²) in [7, 11) is 0. The number of nitrogens with one attached hydrogen (secondary N) is 4. The van der Waals surface area contributed by atoms with Gasteiger partial charge in [-0.25, -0.2) is 9.59 Å². The van der Waals surface area contributed by atoms with E-state index >= 15 is 0 Å². The van der Waals surface area contributed by atoms with Crippen molar-refractivity contribution in [3.05, 3.63) is 12.7 Å². The van der Waals surface area contributed by atoms with E-state index in [0.29, 0.717) is 12.8 Å². The molecule has 262 valence electrons. The third-order valence-corrected chi connectivity index (χ3v) is 6.11. The molecule has 0 aromatic carbocycles. The summed E-state index contributed by atoms with van der Waals surface area (Å²) >= 11 is 0. The molecule has 1 saturated heterocycles. The fourth-order valence-electron chi connectivity index (χ4n) is 3.96. The molecule has 12 heteroatoms. The molecule has 1 aliphatic rings. The molecule has 0 saturated carbocycles. The van der Waals surface area contributed by atoms with Crippen LogP contribution in [0.25, 0.3) is 0 Å². The third kappa shape index (κ3) is 17.0. The van der Waals surface area contributed by atoms with Crippen LogP contribution in [0.1, 0.15) is 95.4 Å². The number of urea groups is 1. The van der Waals surface area contributed by atoms with Crippen molar-refractivity contribution >= 4 is 35.5 Å². The van der Waals surface area contributed by atoms with Crippen LogP contribution in [-0.4, -0.2) is 84.3 Å². The molecular weight excluding hydrogens is 590 g/mol. The highest BCUT2D eigenvalue weighted by atomic mass is 16.5. The molecule has 0 aromatic heterocycles. The average Bonchev–Trinajstić information content (AvgIpc) is 3.45. The predicted octanol–water partition coefficient (Wildman–Crippen LogP) is 3.35. The number of rotatable bonds is 12. The molecule has 0 aliphatic carbocycles. The van der Waals surface area contributed by atoms with E-state index < -0.39 is 65.1 Å². The minimum atomic E-state index is -1.11. The van der Waals surface area contributed by atoms with Gasteiger partial charge in [-0.1, -0.05) is 87.7 Å². The van der Waals surface area contributed by atoms with Gasteiger partial charge in [0.15, 0.2) is 6.61 Å². The van der Waals surface area contributed by atoms with E-state index in [1.54, 1.807) is 34.6 Å². The Bertz CT molecular complexity index is 1060. The van der Waals surface area contributed by atoms with Crippen molar-refractivity contribution in [2.24, 2.45) is 17.3 Å². The van der Waals surface area contributed by atoms with E-state index in [4.69, 9.17) is 11.2 Å². The number of Topliss-reactive ketones (excluding diaryl/α,β-unsaturated/α-hetero) is 1. The van der Waals surface area contributed by atoms with Crippen LogP contribution in [-0.2, 0) is 28.7 Å². The van der Waals surface area contributed by atoms with Gasteiger partial charge in [0.2, 0.25) is 17.6 Å². The molecule has 0 aromatic rings. The minimum absolute atomic E-state index is 0.106. The molecule has 5 amide bonds. The predicted molar refractivity (Wildman–Crippen MR) is 180 cm³/mol. The Hall–Kier alpha value is -3.88. The van der Waals surface area contributed by atoms with E-state index in [1.165, 1.54) is 24.3 Å². The highest BCUT2D eigenvalue weighted by molar-refractivity contribution is 6.38. The number of nitrogens with zero attached hydrogens (tertiary/aromatic N) is 1.